The zero-order chi connectivity index (χ0) is 21.3. The van der Waals surface area contributed by atoms with E-state index < -0.39 is 5.97 Å². The summed E-state index contributed by atoms with van der Waals surface area (Å²) >= 11 is 1.29. The fraction of sp³-hybridized carbons (Fsp3) is 0.150. The lowest BCUT2D eigenvalue weighted by Crippen LogP contribution is -2.13. The number of fused-ring (bicyclic) bond motifs is 1. The van der Waals surface area contributed by atoms with Crippen LogP contribution in [0.1, 0.15) is 21.7 Å². The van der Waals surface area contributed by atoms with E-state index >= 15 is 0 Å². The van der Waals surface area contributed by atoms with Crippen molar-refractivity contribution in [1.29, 1.82) is 0 Å². The maximum Gasteiger partial charge on any atom is 0.337 e. The largest absolute Gasteiger partial charge is 0.465 e. The highest BCUT2D eigenvalue weighted by Gasteiger charge is 2.14. The average molecular weight is 422 g/mol. The normalized spacial score (nSPS) is 11.0. The number of hydrogen-bond acceptors (Lipinski definition) is 8. The highest BCUT2D eigenvalue weighted by Crippen LogP contribution is 2.24. The summed E-state index contributed by atoms with van der Waals surface area (Å²) in [7, 11) is 1.30. The van der Waals surface area contributed by atoms with Crippen molar-refractivity contribution in [2.75, 3.05) is 13.0 Å². The molecule has 0 amide bonds. The highest BCUT2D eigenvalue weighted by atomic mass is 32.2. The van der Waals surface area contributed by atoms with Crippen molar-refractivity contribution in [3.05, 3.63) is 69.8 Å². The molecular formula is C20H18N6O3S. The molecule has 0 aliphatic rings. The number of aromatic amines is 1. The van der Waals surface area contributed by atoms with Gasteiger partial charge in [0.25, 0.3) is 5.56 Å². The van der Waals surface area contributed by atoms with Crippen molar-refractivity contribution in [2.24, 2.45) is 0 Å². The molecule has 4 rings (SSSR count). The summed E-state index contributed by atoms with van der Waals surface area (Å²) in [5, 5.41) is 9.16. The number of nitrogens with one attached hydrogen (secondary N) is 1. The molecule has 2 heterocycles. The fourth-order valence-corrected chi connectivity index (χ4v) is 3.64. The number of nitrogen functional groups attached to an aromatic ring is 1. The number of methoxy groups -OCH3 is 1. The van der Waals surface area contributed by atoms with E-state index in [-0.39, 0.29) is 5.56 Å². The quantitative estimate of drug-likeness (QED) is 0.285. The van der Waals surface area contributed by atoms with Crippen molar-refractivity contribution in [3.8, 4) is 11.4 Å². The number of thioether (sulfide) groups is 1. The van der Waals surface area contributed by atoms with Gasteiger partial charge in [0.1, 0.15) is 5.82 Å². The van der Waals surface area contributed by atoms with E-state index in [1.165, 1.54) is 35.7 Å². The van der Waals surface area contributed by atoms with Crippen molar-refractivity contribution in [3.63, 3.8) is 0 Å². The lowest BCUT2D eigenvalue weighted by molar-refractivity contribution is 0.0601. The number of nitrogens with two attached hydrogens (primary N) is 1. The Morgan fingerprint density at radius 3 is 2.70 bits per heavy atom. The lowest BCUT2D eigenvalue weighted by atomic mass is 10.1. The molecule has 0 spiro atoms. The van der Waals surface area contributed by atoms with Crippen LogP contribution in [0.4, 0.5) is 0 Å². The number of aryl methyl sites for hydroxylation is 1. The zero-order valence-corrected chi connectivity index (χ0v) is 17.1. The van der Waals surface area contributed by atoms with E-state index in [4.69, 9.17) is 10.6 Å². The number of carbonyl (C=O) groups excluding carboxylic acids is 1. The maximum absolute atomic E-state index is 12.4. The van der Waals surface area contributed by atoms with Gasteiger partial charge in [-0.05, 0) is 25.1 Å². The number of hydrogen-bond donors (Lipinski definition) is 2. The average Bonchev–Trinajstić information content (AvgIpc) is 3.12. The monoisotopic (exact) mass is 422 g/mol. The second-order valence-electron chi connectivity index (χ2n) is 6.57. The number of ether oxygens (including phenoxy) is 1. The van der Waals surface area contributed by atoms with E-state index in [1.54, 1.807) is 6.07 Å². The Labute approximate surface area is 175 Å². The Morgan fingerprint density at radius 2 is 1.97 bits per heavy atom. The SMILES string of the molecule is COC(=O)c1ccc2c(=O)[nH]c(CSc3nnc(-c4ccc(C)cc4)n3N)nc2c1. The zero-order valence-electron chi connectivity index (χ0n) is 16.2. The third-order valence-corrected chi connectivity index (χ3v) is 5.44. The van der Waals surface area contributed by atoms with Gasteiger partial charge < -0.3 is 15.6 Å². The second kappa shape index (κ2) is 7.99. The molecule has 2 aromatic carbocycles. The molecule has 3 N–H and O–H groups in total. The van der Waals surface area contributed by atoms with Gasteiger partial charge in [-0.25, -0.2) is 14.5 Å². The van der Waals surface area contributed by atoms with Gasteiger partial charge in [-0.15, -0.1) is 10.2 Å². The minimum Gasteiger partial charge on any atom is -0.465 e. The second-order valence-corrected chi connectivity index (χ2v) is 7.51. The Morgan fingerprint density at radius 1 is 1.20 bits per heavy atom. The summed E-state index contributed by atoms with van der Waals surface area (Å²) in [5.74, 6) is 6.95. The maximum atomic E-state index is 12.4. The molecule has 9 nitrogen and oxygen atoms in total. The molecule has 2 aromatic heterocycles. The molecule has 152 valence electrons. The topological polar surface area (TPSA) is 129 Å². The molecule has 4 aromatic rings. The van der Waals surface area contributed by atoms with Crippen molar-refractivity contribution < 1.29 is 9.53 Å². The number of nitrogens with zero attached hydrogens (tertiary/aromatic N) is 4. The molecule has 0 bridgehead atoms. The van der Waals surface area contributed by atoms with Crippen molar-refractivity contribution in [1.82, 2.24) is 24.8 Å². The number of carbonyl (C=O) groups is 1. The first-order valence-electron chi connectivity index (χ1n) is 8.98. The third kappa shape index (κ3) is 3.77. The van der Waals surface area contributed by atoms with Crippen LogP contribution in [0.5, 0.6) is 0 Å². The Hall–Kier alpha value is -3.66. The van der Waals surface area contributed by atoms with E-state index in [1.807, 2.05) is 31.2 Å². The van der Waals surface area contributed by atoms with E-state index in [9.17, 15) is 9.59 Å². The van der Waals surface area contributed by atoms with Crippen LogP contribution in [0, 0.1) is 6.92 Å². The van der Waals surface area contributed by atoms with Gasteiger partial charge in [0.15, 0.2) is 5.82 Å². The number of aromatic nitrogens is 5. The van der Waals surface area contributed by atoms with Gasteiger partial charge in [0.2, 0.25) is 5.16 Å². The van der Waals surface area contributed by atoms with Crippen LogP contribution in [0.3, 0.4) is 0 Å². The van der Waals surface area contributed by atoms with Crippen molar-refractivity contribution >= 4 is 28.6 Å². The van der Waals surface area contributed by atoms with Crippen LogP contribution >= 0.6 is 11.8 Å². The summed E-state index contributed by atoms with van der Waals surface area (Å²) in [5.41, 5.74) is 2.44. The summed E-state index contributed by atoms with van der Waals surface area (Å²) in [6.07, 6.45) is 0. The van der Waals surface area contributed by atoms with Crippen LogP contribution in [0.15, 0.2) is 52.4 Å². The first kappa shape index (κ1) is 19.6. The summed E-state index contributed by atoms with van der Waals surface area (Å²) in [6.45, 7) is 2.00. The van der Waals surface area contributed by atoms with Gasteiger partial charge in [-0.3, -0.25) is 4.79 Å². The molecular weight excluding hydrogens is 404 g/mol. The summed E-state index contributed by atoms with van der Waals surface area (Å²) in [4.78, 5) is 31.3. The Balaban J connectivity index is 1.58. The summed E-state index contributed by atoms with van der Waals surface area (Å²) in [6, 6.07) is 12.4. The third-order valence-electron chi connectivity index (χ3n) is 4.49. The standard InChI is InChI=1S/C20H18N6O3S/c1-11-3-5-12(6-4-11)17-24-25-20(26(17)21)30-10-16-22-15-9-13(19(28)29-2)7-8-14(15)18(27)23-16/h3-9H,10,21H2,1-2H3,(H,22,23,27). The van der Waals surface area contributed by atoms with E-state index in [2.05, 4.69) is 20.2 Å². The minimum atomic E-state index is -0.491. The van der Waals surface area contributed by atoms with Gasteiger partial charge in [-0.1, -0.05) is 41.6 Å². The lowest BCUT2D eigenvalue weighted by Gasteiger charge is -2.06. The van der Waals surface area contributed by atoms with Crippen LogP contribution in [0.2, 0.25) is 0 Å². The molecule has 10 heteroatoms. The molecule has 0 unspecified atom stereocenters. The smallest absolute Gasteiger partial charge is 0.337 e. The molecule has 0 saturated carbocycles. The summed E-state index contributed by atoms with van der Waals surface area (Å²) < 4.78 is 6.13. The van der Waals surface area contributed by atoms with Crippen LogP contribution < -0.4 is 11.4 Å². The first-order chi connectivity index (χ1) is 14.5. The van der Waals surface area contributed by atoms with Crippen molar-refractivity contribution in [2.45, 2.75) is 17.8 Å². The number of esters is 1. The molecule has 0 aliphatic heterocycles. The van der Waals surface area contributed by atoms with Gasteiger partial charge >= 0.3 is 5.97 Å². The predicted octanol–water partition coefficient (Wildman–Crippen LogP) is 2.28. The number of H-pyrrole nitrogens is 1. The first-order valence-corrected chi connectivity index (χ1v) is 9.96. The van der Waals surface area contributed by atoms with E-state index in [0.717, 1.165) is 11.1 Å². The minimum absolute atomic E-state index is 0.290. The molecule has 0 atom stereocenters. The van der Waals surface area contributed by atoms with Gasteiger partial charge in [-0.2, -0.15) is 0 Å². The molecule has 30 heavy (non-hydrogen) atoms. The number of rotatable bonds is 5. The predicted molar refractivity (Wildman–Crippen MR) is 114 cm³/mol. The highest BCUT2D eigenvalue weighted by molar-refractivity contribution is 7.98. The van der Waals surface area contributed by atoms with Crippen LogP contribution in [-0.2, 0) is 10.5 Å². The number of benzene rings is 2. The molecule has 0 saturated heterocycles. The van der Waals surface area contributed by atoms with E-state index in [0.29, 0.717) is 39.0 Å². The van der Waals surface area contributed by atoms with Crippen LogP contribution in [-0.4, -0.2) is 37.9 Å². The Kier molecular flexibility index (Phi) is 5.23. The molecule has 0 radical (unpaired) electrons. The van der Waals surface area contributed by atoms with Gasteiger partial charge in [0.05, 0.1) is 29.3 Å². The fourth-order valence-electron chi connectivity index (χ4n) is 2.91. The van der Waals surface area contributed by atoms with Crippen LogP contribution in [0.25, 0.3) is 22.3 Å². The Bertz CT molecular complexity index is 1300. The molecule has 0 aliphatic carbocycles. The van der Waals surface area contributed by atoms with Gasteiger partial charge in [0, 0.05) is 5.56 Å². The molecule has 0 fully saturated rings.